The lowest BCUT2D eigenvalue weighted by molar-refractivity contribution is 0.198. The maximum Gasteiger partial charge on any atom is 0.0681 e. The number of benzene rings is 1. The first-order valence-electron chi connectivity index (χ1n) is 4.79. The molecular formula is C11H17NO2. The summed E-state index contributed by atoms with van der Waals surface area (Å²) in [7, 11) is 1.70. The number of nitrogens with one attached hydrogen (secondary N) is 1. The molecule has 0 spiro atoms. The quantitative estimate of drug-likeness (QED) is 0.678. The van der Waals surface area contributed by atoms with Crippen molar-refractivity contribution < 1.29 is 9.84 Å². The molecule has 78 valence electrons. The van der Waals surface area contributed by atoms with Crippen LogP contribution >= 0.6 is 0 Å². The van der Waals surface area contributed by atoms with E-state index >= 15 is 0 Å². The minimum atomic E-state index is 0.101. The fraction of sp³-hybridized carbons (Fsp3) is 0.455. The zero-order chi connectivity index (χ0) is 10.2. The molecule has 0 heterocycles. The molecule has 3 nitrogen and oxygen atoms in total. The van der Waals surface area contributed by atoms with Gasteiger partial charge in [0.05, 0.1) is 6.61 Å². The van der Waals surface area contributed by atoms with Gasteiger partial charge in [0.1, 0.15) is 0 Å². The Morgan fingerprint density at radius 1 is 1.29 bits per heavy atom. The fourth-order valence-corrected chi connectivity index (χ4v) is 1.18. The normalized spacial score (nSPS) is 10.1. The van der Waals surface area contributed by atoms with Gasteiger partial charge in [-0.15, -0.1) is 0 Å². The molecular weight excluding hydrogens is 178 g/mol. The van der Waals surface area contributed by atoms with Crippen LogP contribution in [-0.4, -0.2) is 25.4 Å². The summed E-state index contributed by atoms with van der Waals surface area (Å²) in [6.45, 7) is 1.79. The molecule has 0 radical (unpaired) electrons. The Morgan fingerprint density at radius 3 is 2.57 bits per heavy atom. The molecule has 1 aromatic carbocycles. The van der Waals surface area contributed by atoms with Gasteiger partial charge in [0, 0.05) is 25.9 Å². The van der Waals surface area contributed by atoms with Crippen molar-refractivity contribution in [3.63, 3.8) is 0 Å². The molecule has 0 atom stereocenters. The van der Waals surface area contributed by atoms with Crippen molar-refractivity contribution >= 4 is 5.69 Å². The zero-order valence-electron chi connectivity index (χ0n) is 8.49. The van der Waals surface area contributed by atoms with Crippen LogP contribution in [0.15, 0.2) is 24.3 Å². The minimum absolute atomic E-state index is 0.101. The van der Waals surface area contributed by atoms with Gasteiger partial charge in [-0.3, -0.25) is 0 Å². The molecule has 0 saturated heterocycles. The van der Waals surface area contributed by atoms with E-state index in [1.165, 1.54) is 0 Å². The Hall–Kier alpha value is -1.06. The van der Waals surface area contributed by atoms with E-state index in [9.17, 15) is 0 Å². The summed E-state index contributed by atoms with van der Waals surface area (Å²) in [5, 5.41) is 12.1. The van der Waals surface area contributed by atoms with E-state index in [1.54, 1.807) is 7.11 Å². The highest BCUT2D eigenvalue weighted by molar-refractivity contribution is 5.44. The van der Waals surface area contributed by atoms with Crippen LogP contribution in [0.25, 0.3) is 0 Å². The Kier molecular flexibility index (Phi) is 5.04. The molecule has 3 heteroatoms. The highest BCUT2D eigenvalue weighted by atomic mass is 16.5. The van der Waals surface area contributed by atoms with Gasteiger partial charge in [0.2, 0.25) is 0 Å². The molecule has 0 aromatic heterocycles. The van der Waals surface area contributed by atoms with Crippen molar-refractivity contribution in [2.24, 2.45) is 0 Å². The molecule has 14 heavy (non-hydrogen) atoms. The van der Waals surface area contributed by atoms with Gasteiger partial charge in [0.25, 0.3) is 0 Å². The van der Waals surface area contributed by atoms with E-state index < -0.39 is 0 Å². The third kappa shape index (κ3) is 3.77. The third-order valence-corrected chi connectivity index (χ3v) is 1.99. The number of hydrogen-bond acceptors (Lipinski definition) is 3. The Bertz CT molecular complexity index is 246. The standard InChI is InChI=1S/C11H17NO2/c1-14-8-2-7-12-11-5-3-10(9-13)4-6-11/h3-6,12-13H,2,7-9H2,1H3. The molecule has 0 fully saturated rings. The topological polar surface area (TPSA) is 41.5 Å². The van der Waals surface area contributed by atoms with E-state index in [4.69, 9.17) is 9.84 Å². The molecule has 0 aliphatic heterocycles. The van der Waals surface area contributed by atoms with Gasteiger partial charge < -0.3 is 15.2 Å². The van der Waals surface area contributed by atoms with Crippen LogP contribution in [0.5, 0.6) is 0 Å². The van der Waals surface area contributed by atoms with Crippen LogP contribution in [-0.2, 0) is 11.3 Å². The van der Waals surface area contributed by atoms with Crippen LogP contribution in [0.3, 0.4) is 0 Å². The average molecular weight is 195 g/mol. The van der Waals surface area contributed by atoms with E-state index in [2.05, 4.69) is 5.32 Å². The maximum absolute atomic E-state index is 8.84. The highest BCUT2D eigenvalue weighted by Gasteiger charge is 1.92. The lowest BCUT2D eigenvalue weighted by Crippen LogP contribution is -2.04. The predicted octanol–water partition coefficient (Wildman–Crippen LogP) is 1.63. The molecule has 0 aliphatic rings. The molecule has 0 bridgehead atoms. The van der Waals surface area contributed by atoms with Gasteiger partial charge in [0.15, 0.2) is 0 Å². The van der Waals surface area contributed by atoms with Crippen molar-refractivity contribution in [1.29, 1.82) is 0 Å². The third-order valence-electron chi connectivity index (χ3n) is 1.99. The summed E-state index contributed by atoms with van der Waals surface area (Å²) in [5.41, 5.74) is 2.02. The highest BCUT2D eigenvalue weighted by Crippen LogP contribution is 2.09. The lowest BCUT2D eigenvalue weighted by atomic mass is 10.2. The Balaban J connectivity index is 2.29. The van der Waals surface area contributed by atoms with E-state index in [0.717, 1.165) is 30.8 Å². The van der Waals surface area contributed by atoms with Gasteiger partial charge in [-0.2, -0.15) is 0 Å². The summed E-state index contributed by atoms with van der Waals surface area (Å²) in [4.78, 5) is 0. The van der Waals surface area contributed by atoms with Gasteiger partial charge >= 0.3 is 0 Å². The van der Waals surface area contributed by atoms with Crippen molar-refractivity contribution in [2.75, 3.05) is 25.6 Å². The summed E-state index contributed by atoms with van der Waals surface area (Å²) in [6, 6.07) is 7.77. The Labute approximate surface area is 84.7 Å². The SMILES string of the molecule is COCCCNc1ccc(CO)cc1. The number of hydrogen-bond donors (Lipinski definition) is 2. The molecule has 2 N–H and O–H groups in total. The number of methoxy groups -OCH3 is 1. The van der Waals surface area contributed by atoms with Crippen LogP contribution in [0.2, 0.25) is 0 Å². The minimum Gasteiger partial charge on any atom is -0.392 e. The van der Waals surface area contributed by atoms with Crippen molar-refractivity contribution in [1.82, 2.24) is 0 Å². The first-order chi connectivity index (χ1) is 6.86. The second-order valence-corrected chi connectivity index (χ2v) is 3.13. The smallest absolute Gasteiger partial charge is 0.0681 e. The summed E-state index contributed by atoms with van der Waals surface area (Å²) < 4.78 is 4.94. The van der Waals surface area contributed by atoms with Gasteiger partial charge in [-0.25, -0.2) is 0 Å². The zero-order valence-corrected chi connectivity index (χ0v) is 8.49. The van der Waals surface area contributed by atoms with Gasteiger partial charge in [-0.1, -0.05) is 12.1 Å². The maximum atomic E-state index is 8.84. The molecule has 0 aliphatic carbocycles. The van der Waals surface area contributed by atoms with Gasteiger partial charge in [-0.05, 0) is 24.1 Å². The van der Waals surface area contributed by atoms with E-state index in [-0.39, 0.29) is 6.61 Å². The number of aliphatic hydroxyl groups is 1. The van der Waals surface area contributed by atoms with Crippen LogP contribution in [0.1, 0.15) is 12.0 Å². The summed E-state index contributed by atoms with van der Waals surface area (Å²) >= 11 is 0. The number of anilines is 1. The van der Waals surface area contributed by atoms with E-state index in [0.29, 0.717) is 0 Å². The first kappa shape index (κ1) is 11.0. The van der Waals surface area contributed by atoms with Crippen molar-refractivity contribution in [3.8, 4) is 0 Å². The molecule has 1 rings (SSSR count). The number of ether oxygens (including phenoxy) is 1. The summed E-state index contributed by atoms with van der Waals surface area (Å²) in [5.74, 6) is 0. The molecule has 1 aromatic rings. The Morgan fingerprint density at radius 2 is 2.00 bits per heavy atom. The monoisotopic (exact) mass is 195 g/mol. The number of aliphatic hydroxyl groups excluding tert-OH is 1. The first-order valence-corrected chi connectivity index (χ1v) is 4.79. The number of rotatable bonds is 6. The largest absolute Gasteiger partial charge is 0.392 e. The van der Waals surface area contributed by atoms with E-state index in [1.807, 2.05) is 24.3 Å². The van der Waals surface area contributed by atoms with Crippen molar-refractivity contribution in [3.05, 3.63) is 29.8 Å². The molecule has 0 unspecified atom stereocenters. The van der Waals surface area contributed by atoms with Crippen LogP contribution in [0, 0.1) is 0 Å². The second-order valence-electron chi connectivity index (χ2n) is 3.13. The van der Waals surface area contributed by atoms with Crippen LogP contribution < -0.4 is 5.32 Å². The lowest BCUT2D eigenvalue weighted by Gasteiger charge is -2.06. The van der Waals surface area contributed by atoms with Crippen molar-refractivity contribution in [2.45, 2.75) is 13.0 Å². The predicted molar refractivity (Wildman–Crippen MR) is 57.3 cm³/mol. The second kappa shape index (κ2) is 6.40. The van der Waals surface area contributed by atoms with Crippen LogP contribution in [0.4, 0.5) is 5.69 Å². The summed E-state index contributed by atoms with van der Waals surface area (Å²) in [6.07, 6.45) is 0.998. The molecule has 0 saturated carbocycles. The average Bonchev–Trinajstić information content (AvgIpc) is 2.25. The molecule has 0 amide bonds. The fourth-order valence-electron chi connectivity index (χ4n) is 1.18.